The van der Waals surface area contributed by atoms with Gasteiger partial charge >= 0.3 is 5.97 Å². The van der Waals surface area contributed by atoms with Crippen molar-refractivity contribution in [1.29, 1.82) is 0 Å². The molecule has 4 heteroatoms. The van der Waals surface area contributed by atoms with Crippen molar-refractivity contribution >= 4 is 23.0 Å². The summed E-state index contributed by atoms with van der Waals surface area (Å²) < 4.78 is 5.47. The number of carbonyl (C=O) groups is 1. The van der Waals surface area contributed by atoms with Gasteiger partial charge in [0, 0.05) is 6.54 Å². The number of ether oxygens (including phenoxy) is 1. The summed E-state index contributed by atoms with van der Waals surface area (Å²) in [6.07, 6.45) is 3.35. The Morgan fingerprint density at radius 2 is 1.70 bits per heavy atom. The second kappa shape index (κ2) is 10.8. The molecule has 0 unspecified atom stereocenters. The van der Waals surface area contributed by atoms with Crippen molar-refractivity contribution in [2.24, 2.45) is 5.41 Å². The Morgan fingerprint density at radius 1 is 1.09 bits per heavy atom. The van der Waals surface area contributed by atoms with E-state index < -0.39 is 5.41 Å². The fourth-order valence-corrected chi connectivity index (χ4v) is 2.28. The predicted molar refractivity (Wildman–Crippen MR) is 103 cm³/mol. The van der Waals surface area contributed by atoms with Crippen LogP contribution in [0.2, 0.25) is 0 Å². The molecule has 132 valence electrons. The highest BCUT2D eigenvalue weighted by molar-refractivity contribution is 8.93. The van der Waals surface area contributed by atoms with Gasteiger partial charge in [-0.2, -0.15) is 0 Å². The van der Waals surface area contributed by atoms with E-state index in [1.165, 1.54) is 18.4 Å². The zero-order valence-corrected chi connectivity index (χ0v) is 16.9. The molecule has 0 spiro atoms. The third-order valence-corrected chi connectivity index (χ3v) is 3.52. The predicted octanol–water partition coefficient (Wildman–Crippen LogP) is 4.88. The van der Waals surface area contributed by atoms with Crippen LogP contribution in [0, 0.1) is 5.41 Å². The Hall–Kier alpha value is -0.870. The molecular formula is C19H32BrNO2. The van der Waals surface area contributed by atoms with E-state index in [0.29, 0.717) is 5.75 Å². The van der Waals surface area contributed by atoms with Crippen molar-refractivity contribution in [3.05, 3.63) is 29.8 Å². The van der Waals surface area contributed by atoms with Crippen molar-refractivity contribution in [2.45, 2.75) is 53.9 Å². The summed E-state index contributed by atoms with van der Waals surface area (Å²) in [6.45, 7) is 13.4. The van der Waals surface area contributed by atoms with Crippen molar-refractivity contribution in [3.63, 3.8) is 0 Å². The molecular weight excluding hydrogens is 354 g/mol. The van der Waals surface area contributed by atoms with Crippen molar-refractivity contribution in [2.75, 3.05) is 19.6 Å². The quantitative estimate of drug-likeness (QED) is 0.471. The summed E-state index contributed by atoms with van der Waals surface area (Å²) in [5.74, 6) is 0.457. The van der Waals surface area contributed by atoms with Crippen LogP contribution in [0.15, 0.2) is 24.3 Å². The minimum atomic E-state index is -0.477. The Kier molecular flexibility index (Phi) is 10.4. The molecule has 0 saturated heterocycles. The molecule has 0 fully saturated rings. The molecule has 1 aromatic carbocycles. The van der Waals surface area contributed by atoms with Gasteiger partial charge in [-0.15, -0.1) is 17.0 Å². The lowest BCUT2D eigenvalue weighted by Crippen LogP contribution is -2.28. The molecule has 0 aliphatic heterocycles. The van der Waals surface area contributed by atoms with Gasteiger partial charge in [-0.3, -0.25) is 4.79 Å². The lowest BCUT2D eigenvalue weighted by atomic mass is 9.97. The summed E-state index contributed by atoms with van der Waals surface area (Å²) in [4.78, 5) is 14.4. The Balaban J connectivity index is 0.00000484. The Morgan fingerprint density at radius 3 is 2.22 bits per heavy atom. The monoisotopic (exact) mass is 385 g/mol. The van der Waals surface area contributed by atoms with Crippen LogP contribution in [0.1, 0.15) is 53.0 Å². The highest BCUT2D eigenvalue weighted by atomic mass is 79.9. The van der Waals surface area contributed by atoms with E-state index in [2.05, 4.69) is 24.8 Å². The molecule has 3 nitrogen and oxygen atoms in total. The number of benzene rings is 1. The third kappa shape index (κ3) is 8.52. The molecule has 0 aromatic heterocycles. The van der Waals surface area contributed by atoms with E-state index in [4.69, 9.17) is 4.74 Å². The lowest BCUT2D eigenvalue weighted by molar-refractivity contribution is -0.142. The normalized spacial score (nSPS) is 11.2. The molecule has 0 aliphatic rings. The highest BCUT2D eigenvalue weighted by Crippen LogP contribution is 2.20. The SMILES string of the molecule is Br.CCCN(CCC)CCc1cccc(OC(=O)C(C)(C)C)c1. The van der Waals surface area contributed by atoms with Crippen LogP contribution in [0.4, 0.5) is 0 Å². The summed E-state index contributed by atoms with van der Waals surface area (Å²) in [7, 11) is 0. The first kappa shape index (κ1) is 22.1. The number of hydrogen-bond acceptors (Lipinski definition) is 3. The van der Waals surface area contributed by atoms with Crippen molar-refractivity contribution in [1.82, 2.24) is 4.90 Å². The highest BCUT2D eigenvalue weighted by Gasteiger charge is 2.23. The molecule has 0 aliphatic carbocycles. The maximum atomic E-state index is 12.0. The molecule has 0 bridgehead atoms. The van der Waals surface area contributed by atoms with E-state index >= 15 is 0 Å². The first-order valence-electron chi connectivity index (χ1n) is 8.40. The van der Waals surface area contributed by atoms with Crippen LogP contribution in [0.3, 0.4) is 0 Å². The van der Waals surface area contributed by atoms with Crippen LogP contribution in [0.25, 0.3) is 0 Å². The summed E-state index contributed by atoms with van der Waals surface area (Å²) in [5.41, 5.74) is 0.742. The minimum Gasteiger partial charge on any atom is -0.426 e. The van der Waals surface area contributed by atoms with Gasteiger partial charge in [-0.25, -0.2) is 0 Å². The summed E-state index contributed by atoms with van der Waals surface area (Å²) in [5, 5.41) is 0. The second-order valence-electron chi connectivity index (χ2n) is 6.88. The zero-order valence-electron chi connectivity index (χ0n) is 15.2. The molecule has 0 amide bonds. The summed E-state index contributed by atoms with van der Waals surface area (Å²) in [6, 6.07) is 7.90. The standard InChI is InChI=1S/C19H31NO2.BrH/c1-6-12-20(13-7-2)14-11-16-9-8-10-17(15-16)22-18(21)19(3,4)5;/h8-10,15H,6-7,11-14H2,1-5H3;1H. The topological polar surface area (TPSA) is 29.5 Å². The van der Waals surface area contributed by atoms with E-state index in [9.17, 15) is 4.79 Å². The molecule has 0 N–H and O–H groups in total. The first-order chi connectivity index (χ1) is 10.4. The molecule has 0 heterocycles. The summed E-state index contributed by atoms with van der Waals surface area (Å²) >= 11 is 0. The molecule has 0 atom stereocenters. The number of rotatable bonds is 8. The molecule has 0 saturated carbocycles. The van der Waals surface area contributed by atoms with Gasteiger partial charge in [0.1, 0.15) is 5.75 Å². The smallest absolute Gasteiger partial charge is 0.316 e. The van der Waals surface area contributed by atoms with Gasteiger partial charge < -0.3 is 9.64 Å². The van der Waals surface area contributed by atoms with Gasteiger partial charge in [0.05, 0.1) is 5.41 Å². The number of halogens is 1. The minimum absolute atomic E-state index is 0. The van der Waals surface area contributed by atoms with Gasteiger partial charge in [-0.05, 0) is 70.8 Å². The van der Waals surface area contributed by atoms with Gasteiger partial charge in [0.25, 0.3) is 0 Å². The van der Waals surface area contributed by atoms with Crippen LogP contribution < -0.4 is 4.74 Å². The van der Waals surface area contributed by atoms with Crippen LogP contribution >= 0.6 is 17.0 Å². The van der Waals surface area contributed by atoms with Crippen LogP contribution in [-0.4, -0.2) is 30.5 Å². The van der Waals surface area contributed by atoms with E-state index in [1.807, 2.05) is 39.0 Å². The van der Waals surface area contributed by atoms with Crippen LogP contribution in [-0.2, 0) is 11.2 Å². The third-order valence-electron chi connectivity index (χ3n) is 3.52. The Labute approximate surface area is 152 Å². The van der Waals surface area contributed by atoms with Gasteiger partial charge in [0.15, 0.2) is 0 Å². The van der Waals surface area contributed by atoms with E-state index in [-0.39, 0.29) is 23.0 Å². The number of nitrogens with zero attached hydrogens (tertiary/aromatic N) is 1. The maximum Gasteiger partial charge on any atom is 0.316 e. The number of hydrogen-bond donors (Lipinski definition) is 0. The fraction of sp³-hybridized carbons (Fsp3) is 0.632. The van der Waals surface area contributed by atoms with E-state index in [0.717, 1.165) is 26.1 Å². The van der Waals surface area contributed by atoms with Crippen molar-refractivity contribution in [3.8, 4) is 5.75 Å². The zero-order chi connectivity index (χ0) is 16.6. The van der Waals surface area contributed by atoms with Crippen LogP contribution in [0.5, 0.6) is 5.75 Å². The molecule has 0 radical (unpaired) electrons. The average Bonchev–Trinajstić information content (AvgIpc) is 2.44. The maximum absolute atomic E-state index is 12.0. The Bertz CT molecular complexity index is 463. The van der Waals surface area contributed by atoms with E-state index in [1.54, 1.807) is 0 Å². The number of esters is 1. The first-order valence-corrected chi connectivity index (χ1v) is 8.40. The molecule has 1 rings (SSSR count). The lowest BCUT2D eigenvalue weighted by Gasteiger charge is -2.21. The molecule has 1 aromatic rings. The largest absolute Gasteiger partial charge is 0.426 e. The second-order valence-corrected chi connectivity index (χ2v) is 6.88. The average molecular weight is 386 g/mol. The van der Waals surface area contributed by atoms with Gasteiger partial charge in [0.2, 0.25) is 0 Å². The fourth-order valence-electron chi connectivity index (χ4n) is 2.28. The van der Waals surface area contributed by atoms with Gasteiger partial charge in [-0.1, -0.05) is 26.0 Å². The van der Waals surface area contributed by atoms with Crippen molar-refractivity contribution < 1.29 is 9.53 Å². The molecule has 23 heavy (non-hydrogen) atoms. The number of carbonyl (C=O) groups excluding carboxylic acids is 1.